The number of hydrogen-bond donors (Lipinski definition) is 1. The second-order valence-electron chi connectivity index (χ2n) is 6.61. The van der Waals surface area contributed by atoms with Crippen LogP contribution in [0.2, 0.25) is 0 Å². The third-order valence-corrected chi connectivity index (χ3v) is 5.32. The Kier molecular flexibility index (Phi) is 4.21. The first kappa shape index (κ1) is 16.8. The van der Waals surface area contributed by atoms with Crippen LogP contribution < -0.4 is 5.32 Å². The molecule has 1 aliphatic carbocycles. The number of rotatable bonds is 6. The molecule has 1 amide bonds. The van der Waals surface area contributed by atoms with E-state index >= 15 is 0 Å². The lowest BCUT2D eigenvalue weighted by atomic mass is 10.2. The standard InChI is InChI=1S/C19H16N6O2S/c26-17(10-14-11-28-19(21-14)16-5-2-8-27-16)20-13-4-1-3-12(9-13)18-22-23-24-25(18)15-6-7-15/h1-5,8-9,11,15H,6-7,10H2,(H,20,26). The molecule has 1 fully saturated rings. The van der Waals surface area contributed by atoms with Gasteiger partial charge in [-0.05, 0) is 47.5 Å². The number of amides is 1. The number of nitrogens with one attached hydrogen (secondary N) is 1. The van der Waals surface area contributed by atoms with E-state index < -0.39 is 0 Å². The zero-order chi connectivity index (χ0) is 18.9. The molecule has 0 aliphatic heterocycles. The lowest BCUT2D eigenvalue weighted by Crippen LogP contribution is -2.14. The van der Waals surface area contributed by atoms with E-state index in [1.807, 2.05) is 46.5 Å². The predicted octanol–water partition coefficient (Wildman–Crippen LogP) is 3.57. The fraction of sp³-hybridized carbons (Fsp3) is 0.211. The van der Waals surface area contributed by atoms with Crippen LogP contribution in [0.15, 0.2) is 52.5 Å². The van der Waals surface area contributed by atoms with Gasteiger partial charge in [0, 0.05) is 16.6 Å². The Bertz CT molecular complexity index is 1110. The average Bonchev–Trinajstić information content (AvgIpc) is 3.11. The van der Waals surface area contributed by atoms with Gasteiger partial charge in [0.15, 0.2) is 16.6 Å². The van der Waals surface area contributed by atoms with E-state index in [1.54, 1.807) is 6.26 Å². The summed E-state index contributed by atoms with van der Waals surface area (Å²) in [5, 5.41) is 17.6. The van der Waals surface area contributed by atoms with Crippen molar-refractivity contribution in [2.45, 2.75) is 25.3 Å². The smallest absolute Gasteiger partial charge is 0.230 e. The summed E-state index contributed by atoms with van der Waals surface area (Å²) in [6, 6.07) is 11.6. The molecule has 3 aromatic heterocycles. The molecule has 1 N–H and O–H groups in total. The van der Waals surface area contributed by atoms with Crippen LogP contribution in [-0.4, -0.2) is 31.1 Å². The van der Waals surface area contributed by atoms with Crippen molar-refractivity contribution in [3.63, 3.8) is 0 Å². The zero-order valence-corrected chi connectivity index (χ0v) is 15.6. The van der Waals surface area contributed by atoms with Crippen LogP contribution in [0.4, 0.5) is 5.69 Å². The van der Waals surface area contributed by atoms with E-state index in [9.17, 15) is 4.79 Å². The maximum absolute atomic E-state index is 12.4. The van der Waals surface area contributed by atoms with E-state index in [0.717, 1.165) is 29.2 Å². The molecule has 28 heavy (non-hydrogen) atoms. The molecule has 5 rings (SSSR count). The summed E-state index contributed by atoms with van der Waals surface area (Å²) < 4.78 is 7.20. The van der Waals surface area contributed by atoms with Gasteiger partial charge in [-0.3, -0.25) is 4.79 Å². The number of tetrazole rings is 1. The third-order valence-electron chi connectivity index (χ3n) is 4.42. The highest BCUT2D eigenvalue weighted by molar-refractivity contribution is 7.13. The minimum atomic E-state index is -0.129. The van der Waals surface area contributed by atoms with Crippen LogP contribution >= 0.6 is 11.3 Å². The second kappa shape index (κ2) is 7.01. The van der Waals surface area contributed by atoms with Crippen molar-refractivity contribution in [1.82, 2.24) is 25.2 Å². The Balaban J connectivity index is 1.28. The molecule has 1 aromatic carbocycles. The van der Waals surface area contributed by atoms with Crippen molar-refractivity contribution in [2.75, 3.05) is 5.32 Å². The van der Waals surface area contributed by atoms with Crippen LogP contribution in [0.25, 0.3) is 22.2 Å². The predicted molar refractivity (Wildman–Crippen MR) is 104 cm³/mol. The number of carbonyl (C=O) groups is 1. The van der Waals surface area contributed by atoms with Crippen molar-refractivity contribution in [3.05, 3.63) is 53.7 Å². The average molecular weight is 392 g/mol. The minimum Gasteiger partial charge on any atom is -0.462 e. The van der Waals surface area contributed by atoms with Gasteiger partial charge >= 0.3 is 0 Å². The first-order chi connectivity index (χ1) is 13.8. The van der Waals surface area contributed by atoms with Gasteiger partial charge in [-0.15, -0.1) is 16.4 Å². The van der Waals surface area contributed by atoms with Crippen molar-refractivity contribution < 1.29 is 9.21 Å². The summed E-state index contributed by atoms with van der Waals surface area (Å²) >= 11 is 1.46. The highest BCUT2D eigenvalue weighted by Gasteiger charge is 2.28. The molecule has 1 saturated carbocycles. The number of carbonyl (C=O) groups excluding carboxylic acids is 1. The number of aromatic nitrogens is 5. The first-order valence-electron chi connectivity index (χ1n) is 8.93. The largest absolute Gasteiger partial charge is 0.462 e. The lowest BCUT2D eigenvalue weighted by Gasteiger charge is -2.07. The maximum atomic E-state index is 12.4. The molecule has 0 unspecified atom stereocenters. The molecule has 0 atom stereocenters. The quantitative estimate of drug-likeness (QED) is 0.539. The number of hydrogen-bond acceptors (Lipinski definition) is 7. The Labute approximate surface area is 164 Å². The molecule has 4 aromatic rings. The molecule has 1 aliphatic rings. The zero-order valence-electron chi connectivity index (χ0n) is 14.8. The molecule has 0 radical (unpaired) electrons. The summed E-state index contributed by atoms with van der Waals surface area (Å²) in [7, 11) is 0. The fourth-order valence-corrected chi connectivity index (χ4v) is 3.74. The first-order valence-corrected chi connectivity index (χ1v) is 9.81. The highest BCUT2D eigenvalue weighted by Crippen LogP contribution is 2.36. The summed E-state index contributed by atoms with van der Waals surface area (Å²) in [5.74, 6) is 1.30. The van der Waals surface area contributed by atoms with Gasteiger partial charge < -0.3 is 9.73 Å². The van der Waals surface area contributed by atoms with E-state index in [-0.39, 0.29) is 12.3 Å². The molecular weight excluding hydrogens is 376 g/mol. The van der Waals surface area contributed by atoms with Crippen molar-refractivity contribution >= 4 is 22.9 Å². The van der Waals surface area contributed by atoms with Crippen molar-refractivity contribution in [3.8, 4) is 22.2 Å². The molecular formula is C19H16N6O2S. The Hall–Kier alpha value is -3.33. The normalized spacial score (nSPS) is 13.6. The van der Waals surface area contributed by atoms with Crippen molar-refractivity contribution in [1.29, 1.82) is 0 Å². The molecule has 8 nitrogen and oxygen atoms in total. The van der Waals surface area contributed by atoms with Gasteiger partial charge in [0.05, 0.1) is 24.4 Å². The topological polar surface area (TPSA) is 98.7 Å². The van der Waals surface area contributed by atoms with Gasteiger partial charge in [-0.25, -0.2) is 9.67 Å². The van der Waals surface area contributed by atoms with Gasteiger partial charge in [-0.1, -0.05) is 12.1 Å². The van der Waals surface area contributed by atoms with E-state index in [4.69, 9.17) is 4.42 Å². The highest BCUT2D eigenvalue weighted by atomic mass is 32.1. The maximum Gasteiger partial charge on any atom is 0.230 e. The molecule has 3 heterocycles. The Morgan fingerprint density at radius 2 is 2.21 bits per heavy atom. The summed E-state index contributed by atoms with van der Waals surface area (Å²) in [6.45, 7) is 0. The van der Waals surface area contributed by atoms with Crippen LogP contribution in [0, 0.1) is 0 Å². The number of anilines is 1. The number of nitrogens with zero attached hydrogens (tertiary/aromatic N) is 5. The van der Waals surface area contributed by atoms with Crippen LogP contribution in [0.3, 0.4) is 0 Å². The molecule has 0 bridgehead atoms. The third kappa shape index (κ3) is 3.44. The van der Waals surface area contributed by atoms with Gasteiger partial charge in [0.25, 0.3) is 0 Å². The molecule has 0 saturated heterocycles. The van der Waals surface area contributed by atoms with E-state index in [2.05, 4.69) is 25.8 Å². The second-order valence-corrected chi connectivity index (χ2v) is 7.46. The summed E-state index contributed by atoms with van der Waals surface area (Å²) in [4.78, 5) is 16.9. The minimum absolute atomic E-state index is 0.129. The van der Waals surface area contributed by atoms with Crippen LogP contribution in [-0.2, 0) is 11.2 Å². The Morgan fingerprint density at radius 1 is 1.29 bits per heavy atom. The fourth-order valence-electron chi connectivity index (χ4n) is 2.96. The van der Waals surface area contributed by atoms with Crippen molar-refractivity contribution in [2.24, 2.45) is 0 Å². The Morgan fingerprint density at radius 3 is 3.04 bits per heavy atom. The molecule has 9 heteroatoms. The van der Waals surface area contributed by atoms with E-state index in [0.29, 0.717) is 23.2 Å². The number of thiazole rings is 1. The molecule has 0 spiro atoms. The monoisotopic (exact) mass is 392 g/mol. The number of furan rings is 1. The summed E-state index contributed by atoms with van der Waals surface area (Å²) in [6.07, 6.45) is 4.00. The SMILES string of the molecule is O=C(Cc1csc(-c2ccco2)n1)Nc1cccc(-c2nnnn2C2CC2)c1. The van der Waals surface area contributed by atoms with Crippen LogP contribution in [0.1, 0.15) is 24.6 Å². The van der Waals surface area contributed by atoms with Crippen LogP contribution in [0.5, 0.6) is 0 Å². The molecule has 140 valence electrons. The summed E-state index contributed by atoms with van der Waals surface area (Å²) in [5.41, 5.74) is 2.29. The van der Waals surface area contributed by atoms with Gasteiger partial charge in [-0.2, -0.15) is 0 Å². The van der Waals surface area contributed by atoms with Gasteiger partial charge in [0.2, 0.25) is 5.91 Å². The van der Waals surface area contributed by atoms with Gasteiger partial charge in [0.1, 0.15) is 0 Å². The lowest BCUT2D eigenvalue weighted by molar-refractivity contribution is -0.115. The number of benzene rings is 1. The van der Waals surface area contributed by atoms with E-state index in [1.165, 1.54) is 11.3 Å².